The van der Waals surface area contributed by atoms with E-state index in [0.717, 1.165) is 5.56 Å². The number of unbranched alkanes of at least 4 members (excludes halogenated alkanes) is 1. The van der Waals surface area contributed by atoms with Gasteiger partial charge in [0.05, 0.1) is 5.92 Å². The summed E-state index contributed by atoms with van der Waals surface area (Å²) in [5.74, 6) is -5.32. The fourth-order valence-corrected chi connectivity index (χ4v) is 7.14. The van der Waals surface area contributed by atoms with Crippen molar-refractivity contribution in [1.82, 2.24) is 20.0 Å². The number of nitrogens with one attached hydrogen (secondary N) is 1. The summed E-state index contributed by atoms with van der Waals surface area (Å²) < 4.78 is 12.2. The third-order valence-electron chi connectivity index (χ3n) is 10.8. The van der Waals surface area contributed by atoms with Crippen LogP contribution in [0.4, 0.5) is 0 Å². The summed E-state index contributed by atoms with van der Waals surface area (Å²) in [4.78, 5) is 89.3. The van der Waals surface area contributed by atoms with Gasteiger partial charge in [0.15, 0.2) is 6.10 Å². The molecule has 3 rings (SSSR count). The van der Waals surface area contributed by atoms with Crippen molar-refractivity contribution < 1.29 is 38.2 Å². The van der Waals surface area contributed by atoms with Crippen LogP contribution in [0.3, 0.4) is 0 Å². The van der Waals surface area contributed by atoms with Crippen molar-refractivity contribution >= 4 is 35.6 Å². The number of carbonyl (C=O) groups excluding carboxylic acids is 6. The van der Waals surface area contributed by atoms with Crippen molar-refractivity contribution in [3.8, 4) is 0 Å². The summed E-state index contributed by atoms with van der Waals surface area (Å²) in [5.41, 5.74) is 0.770. The first-order valence-electron chi connectivity index (χ1n) is 19.2. The number of hydrogen-bond acceptors (Lipinski definition) is 8. The first kappa shape index (κ1) is 43.2. The van der Waals surface area contributed by atoms with Crippen molar-refractivity contribution in [3.63, 3.8) is 0 Å². The molecule has 1 aromatic carbocycles. The zero-order chi connectivity index (χ0) is 39.6. The Morgan fingerprint density at radius 3 is 2.13 bits per heavy atom. The quantitative estimate of drug-likeness (QED) is 0.210. The lowest BCUT2D eigenvalue weighted by molar-refractivity contribution is -0.171. The number of esters is 2. The van der Waals surface area contributed by atoms with Crippen LogP contribution in [0.15, 0.2) is 43.0 Å². The number of nitrogens with zero attached hydrogens (tertiary/aromatic N) is 3. The van der Waals surface area contributed by atoms with Gasteiger partial charge < -0.3 is 29.5 Å². The summed E-state index contributed by atoms with van der Waals surface area (Å²) in [5, 5.41) is 2.90. The third-order valence-corrected chi connectivity index (χ3v) is 10.8. The van der Waals surface area contributed by atoms with E-state index in [0.29, 0.717) is 38.5 Å². The van der Waals surface area contributed by atoms with E-state index in [4.69, 9.17) is 9.47 Å². The monoisotopic (exact) mass is 738 g/mol. The fraction of sp³-hybridized carbons (Fsp3) is 0.659. The highest BCUT2D eigenvalue weighted by Gasteiger charge is 2.45. The number of benzene rings is 1. The lowest BCUT2D eigenvalue weighted by Gasteiger charge is -2.37. The largest absolute Gasteiger partial charge is 0.460 e. The maximum atomic E-state index is 14.3. The fourth-order valence-electron chi connectivity index (χ4n) is 7.14. The number of likely N-dealkylation sites (N-methyl/N-ethyl adjacent to an activating group) is 2. The van der Waals surface area contributed by atoms with E-state index in [2.05, 4.69) is 11.9 Å². The number of carbonyl (C=O) groups is 6. The second kappa shape index (κ2) is 19.7. The van der Waals surface area contributed by atoms with E-state index in [1.807, 2.05) is 44.2 Å². The number of amides is 4. The van der Waals surface area contributed by atoms with Gasteiger partial charge >= 0.3 is 11.9 Å². The minimum absolute atomic E-state index is 0.101. The predicted molar refractivity (Wildman–Crippen MR) is 202 cm³/mol. The van der Waals surface area contributed by atoms with E-state index >= 15 is 0 Å². The van der Waals surface area contributed by atoms with Gasteiger partial charge in [0.25, 0.3) is 5.91 Å². The number of hydrogen-bond donors (Lipinski definition) is 1. The summed E-state index contributed by atoms with van der Waals surface area (Å²) in [6, 6.07) is 5.16. The highest BCUT2D eigenvalue weighted by Crippen LogP contribution is 2.28. The molecule has 4 unspecified atom stereocenters. The number of ether oxygens (including phenoxy) is 2. The van der Waals surface area contributed by atoms with E-state index in [-0.39, 0.29) is 24.8 Å². The minimum Gasteiger partial charge on any atom is -0.460 e. The molecule has 2 aliphatic heterocycles. The van der Waals surface area contributed by atoms with Crippen LogP contribution < -0.4 is 5.32 Å². The average molecular weight is 739 g/mol. The van der Waals surface area contributed by atoms with Gasteiger partial charge in [0, 0.05) is 27.1 Å². The Morgan fingerprint density at radius 1 is 0.887 bits per heavy atom. The number of rotatable bonds is 10. The molecule has 0 saturated carbocycles. The molecule has 4 amide bonds. The molecule has 0 aromatic heterocycles. The molecular formula is C41H62N4O8. The Labute approximate surface area is 316 Å². The van der Waals surface area contributed by atoms with Crippen molar-refractivity contribution in [2.45, 2.75) is 130 Å². The first-order chi connectivity index (χ1) is 25.0. The second-order valence-corrected chi connectivity index (χ2v) is 15.4. The molecule has 2 heterocycles. The van der Waals surface area contributed by atoms with Crippen molar-refractivity contribution in [1.29, 1.82) is 0 Å². The Morgan fingerprint density at radius 2 is 1.55 bits per heavy atom. The first-order valence-corrected chi connectivity index (χ1v) is 19.2. The van der Waals surface area contributed by atoms with Gasteiger partial charge in [0.1, 0.15) is 30.3 Å². The van der Waals surface area contributed by atoms with Gasteiger partial charge in [-0.1, -0.05) is 91.3 Å². The van der Waals surface area contributed by atoms with Crippen molar-refractivity contribution in [2.24, 2.45) is 23.7 Å². The number of allylic oxidation sites excluding steroid dienone is 1. The van der Waals surface area contributed by atoms with Crippen LogP contribution in [0.2, 0.25) is 0 Å². The highest BCUT2D eigenvalue weighted by atomic mass is 16.6. The molecule has 8 atom stereocenters. The Kier molecular flexibility index (Phi) is 16.1. The molecule has 0 spiro atoms. The topological polar surface area (TPSA) is 143 Å². The van der Waals surface area contributed by atoms with Crippen LogP contribution in [0.5, 0.6) is 0 Å². The predicted octanol–water partition coefficient (Wildman–Crippen LogP) is 4.55. The average Bonchev–Trinajstić information content (AvgIpc) is 3.63. The molecule has 53 heavy (non-hydrogen) atoms. The smallest absolute Gasteiger partial charge is 0.329 e. The van der Waals surface area contributed by atoms with Gasteiger partial charge in [0.2, 0.25) is 17.7 Å². The normalized spacial score (nSPS) is 27.8. The maximum absolute atomic E-state index is 14.3. The van der Waals surface area contributed by atoms with Gasteiger partial charge in [-0.25, -0.2) is 9.59 Å². The van der Waals surface area contributed by atoms with Gasteiger partial charge in [-0.05, 0) is 55.4 Å². The van der Waals surface area contributed by atoms with Gasteiger partial charge in [-0.3, -0.25) is 19.2 Å². The van der Waals surface area contributed by atoms with Crippen LogP contribution >= 0.6 is 0 Å². The summed E-state index contributed by atoms with van der Waals surface area (Å²) in [6.45, 7) is 16.6. The molecule has 1 aromatic rings. The third kappa shape index (κ3) is 10.7. The number of cyclic esters (lactones) is 2. The molecule has 2 fully saturated rings. The number of fused-ring (bicyclic) bond motifs is 1. The molecule has 1 N–H and O–H groups in total. The van der Waals surface area contributed by atoms with Gasteiger partial charge in [-0.2, -0.15) is 0 Å². The second-order valence-electron chi connectivity index (χ2n) is 15.4. The SMILES string of the molecule is C=CCCCC1OC(=O)[C@H](C(C)CC)N(C)C(=O)[C@@H]2CCCN2C(=O)[C@H](C(C)C)OC(=O)C(Cc2ccccc2)N(C)C(=O)[C@H](C(C)C)NC(=O)C1C. The summed E-state index contributed by atoms with van der Waals surface area (Å²) in [7, 11) is 3.05. The molecular weight excluding hydrogens is 676 g/mol. The van der Waals surface area contributed by atoms with E-state index < -0.39 is 83.8 Å². The molecule has 0 bridgehead atoms. The van der Waals surface area contributed by atoms with Crippen LogP contribution in [0.25, 0.3) is 0 Å². The molecule has 2 saturated heterocycles. The van der Waals surface area contributed by atoms with Crippen LogP contribution in [-0.4, -0.2) is 107 Å². The Bertz CT molecular complexity index is 1450. The minimum atomic E-state index is -1.24. The molecule has 0 radical (unpaired) electrons. The Hall–Kier alpha value is -4.22. The summed E-state index contributed by atoms with van der Waals surface area (Å²) >= 11 is 0. The lowest BCUT2D eigenvalue weighted by Crippen LogP contribution is -2.57. The van der Waals surface area contributed by atoms with Crippen LogP contribution in [0.1, 0.15) is 92.6 Å². The zero-order valence-electron chi connectivity index (χ0n) is 33.2. The molecule has 2 aliphatic rings. The lowest BCUT2D eigenvalue weighted by atomic mass is 9.94. The van der Waals surface area contributed by atoms with Gasteiger partial charge in [-0.15, -0.1) is 6.58 Å². The summed E-state index contributed by atoms with van der Waals surface area (Å²) in [6.07, 6.45) is 2.82. The van der Waals surface area contributed by atoms with E-state index in [9.17, 15) is 28.8 Å². The standard InChI is InChI=1S/C41H62N4O8/c1-11-13-15-22-32-28(8)36(46)42-33(25(3)4)38(48)43(9)31(24-29-19-16-14-17-20-29)40(50)53-35(26(5)6)39(49)45-23-18-21-30(45)37(47)44(10)34(27(7)12-2)41(51)52-32/h11,14,16-17,19-20,25-28,30-35H,1,12-13,15,18,21-24H2,2-10H3,(H,42,46)/t27?,28?,30-,31?,32?,33-,34-,35-/m0/s1. The molecule has 12 nitrogen and oxygen atoms in total. The molecule has 0 aliphatic carbocycles. The molecule has 12 heteroatoms. The van der Waals surface area contributed by atoms with Crippen LogP contribution in [-0.2, 0) is 44.7 Å². The van der Waals surface area contributed by atoms with E-state index in [1.54, 1.807) is 47.7 Å². The highest BCUT2D eigenvalue weighted by molar-refractivity contribution is 5.95. The Balaban J connectivity index is 2.18. The zero-order valence-corrected chi connectivity index (χ0v) is 33.2. The molecule has 294 valence electrons. The van der Waals surface area contributed by atoms with Crippen molar-refractivity contribution in [3.05, 3.63) is 48.6 Å². The van der Waals surface area contributed by atoms with E-state index in [1.165, 1.54) is 21.7 Å². The van der Waals surface area contributed by atoms with Crippen LogP contribution in [0, 0.1) is 23.7 Å². The maximum Gasteiger partial charge on any atom is 0.329 e. The van der Waals surface area contributed by atoms with Crippen molar-refractivity contribution in [2.75, 3.05) is 20.6 Å².